The van der Waals surface area contributed by atoms with E-state index in [1.165, 1.54) is 23.1 Å². The number of primary amides is 1. The summed E-state index contributed by atoms with van der Waals surface area (Å²) in [6, 6.07) is 15.9. The maximum absolute atomic E-state index is 16.5. The summed E-state index contributed by atoms with van der Waals surface area (Å²) in [7, 11) is 0. The van der Waals surface area contributed by atoms with Crippen LogP contribution >= 0.6 is 0 Å². The van der Waals surface area contributed by atoms with E-state index in [0.717, 1.165) is 16.0 Å². The van der Waals surface area contributed by atoms with E-state index in [9.17, 15) is 43.5 Å². The van der Waals surface area contributed by atoms with E-state index < -0.39 is 72.0 Å². The third-order valence-electron chi connectivity index (χ3n) is 15.3. The molecular weight excluding hydrogens is 1100 g/mol. The van der Waals surface area contributed by atoms with E-state index >= 15 is 8.78 Å². The number of imidazole rings is 1. The smallest absolute Gasteiger partial charge is 0.410 e. The predicted molar refractivity (Wildman–Crippen MR) is 311 cm³/mol. The maximum atomic E-state index is 16.5. The molecule has 4 aromatic rings. The van der Waals surface area contributed by atoms with Gasteiger partial charge in [0, 0.05) is 87.9 Å². The van der Waals surface area contributed by atoms with Crippen LogP contribution in [0.15, 0.2) is 91.1 Å². The van der Waals surface area contributed by atoms with Gasteiger partial charge >= 0.3 is 18.2 Å². The molecule has 2 fully saturated rings. The molecule has 3 aliphatic rings. The van der Waals surface area contributed by atoms with Crippen LogP contribution in [-0.2, 0) is 46.6 Å². The highest BCUT2D eigenvalue weighted by atomic mass is 19.1. The van der Waals surface area contributed by atoms with Gasteiger partial charge in [0.25, 0.3) is 11.8 Å². The molecule has 8 N–H and O–H groups in total. The zero-order chi connectivity index (χ0) is 61.2. The fraction of sp³-hybridized carbons (Fsp3) is 0.492. The summed E-state index contributed by atoms with van der Waals surface area (Å²) in [5.41, 5.74) is 8.50. The molecule has 0 bridgehead atoms. The van der Waals surface area contributed by atoms with Gasteiger partial charge in [-0.05, 0) is 99.6 Å². The number of nitrogens with two attached hydrogens (primary N) is 1. The van der Waals surface area contributed by atoms with Gasteiger partial charge in [0.2, 0.25) is 17.7 Å². The molecule has 85 heavy (non-hydrogen) atoms. The molecule has 4 heterocycles. The van der Waals surface area contributed by atoms with Crippen molar-refractivity contribution in [3.05, 3.63) is 119 Å². The van der Waals surface area contributed by atoms with Crippen LogP contribution < -0.4 is 32.3 Å². The van der Waals surface area contributed by atoms with E-state index in [-0.39, 0.29) is 100 Å². The first-order valence-corrected chi connectivity index (χ1v) is 29.0. The number of hydrogen-bond acceptors (Lipinski definition) is 12. The molecule has 0 radical (unpaired) electrons. The van der Waals surface area contributed by atoms with Crippen molar-refractivity contribution < 1.29 is 61.7 Å². The predicted octanol–water partition coefficient (Wildman–Crippen LogP) is 6.01. The first-order valence-electron chi connectivity index (χ1n) is 29.0. The lowest BCUT2D eigenvalue weighted by molar-refractivity contribution is -0.137. The van der Waals surface area contributed by atoms with E-state index in [1.54, 1.807) is 68.3 Å². The van der Waals surface area contributed by atoms with Crippen LogP contribution in [-0.4, -0.2) is 154 Å². The van der Waals surface area contributed by atoms with Gasteiger partial charge in [-0.15, -0.1) is 0 Å². The fourth-order valence-corrected chi connectivity index (χ4v) is 10.6. The van der Waals surface area contributed by atoms with Crippen LogP contribution in [0.5, 0.6) is 0 Å². The molecule has 2 saturated heterocycles. The van der Waals surface area contributed by atoms with Gasteiger partial charge in [-0.25, -0.2) is 28.1 Å². The number of urea groups is 2. The number of alkyl halides is 1. The second kappa shape index (κ2) is 31.1. The Balaban J connectivity index is 0.991. The number of unbranched alkanes of at least 4 members (excludes halogenated alkanes) is 2. The number of carbonyl (C=O) groups is 8. The number of aromatic nitrogens is 2. The molecule has 24 heteroatoms. The van der Waals surface area contributed by atoms with Crippen molar-refractivity contribution >= 4 is 53.4 Å². The summed E-state index contributed by atoms with van der Waals surface area (Å²) in [5, 5.41) is 23.7. The van der Waals surface area contributed by atoms with Gasteiger partial charge in [0.1, 0.15) is 36.5 Å². The fourth-order valence-electron chi connectivity index (χ4n) is 10.6. The van der Waals surface area contributed by atoms with Crippen LogP contribution in [0.3, 0.4) is 0 Å². The number of amides is 10. The molecule has 10 amide bonds. The van der Waals surface area contributed by atoms with Crippen molar-refractivity contribution in [1.29, 1.82) is 0 Å². The van der Waals surface area contributed by atoms with Crippen LogP contribution in [0.25, 0.3) is 11.3 Å². The van der Waals surface area contributed by atoms with Crippen LogP contribution in [0.4, 0.5) is 28.9 Å². The molecule has 0 aliphatic carbocycles. The van der Waals surface area contributed by atoms with Gasteiger partial charge in [-0.2, -0.15) is 0 Å². The van der Waals surface area contributed by atoms with Gasteiger partial charge < -0.3 is 61.3 Å². The summed E-state index contributed by atoms with van der Waals surface area (Å²) in [6.45, 7) is 7.32. The van der Waals surface area contributed by atoms with Crippen molar-refractivity contribution in [1.82, 2.24) is 45.5 Å². The molecule has 1 aromatic heterocycles. The minimum atomic E-state index is -1.57. The number of nitrogens with zero attached hydrogens (tertiary/aromatic N) is 5. The molecule has 3 aromatic carbocycles. The number of aliphatic hydroxyl groups excluding tert-OH is 1. The first-order chi connectivity index (χ1) is 40.8. The highest BCUT2D eigenvalue weighted by Gasteiger charge is 2.43. The molecule has 6 atom stereocenters. The number of likely N-dealkylation sites (tertiary alicyclic amines) is 1. The normalized spacial score (nSPS) is 17.5. The molecule has 7 rings (SSSR count). The topological polar surface area (TPSA) is 289 Å². The Hall–Kier alpha value is -8.25. The lowest BCUT2D eigenvalue weighted by Gasteiger charge is -2.40. The minimum absolute atomic E-state index is 0.0851. The summed E-state index contributed by atoms with van der Waals surface area (Å²) in [5.74, 6) is -3.82. The van der Waals surface area contributed by atoms with E-state index in [0.29, 0.717) is 74.6 Å². The Kier molecular flexibility index (Phi) is 23.5. The number of aryl methyl sites for hydroxylation is 1. The largest absolute Gasteiger partial charge is 0.445 e. The maximum Gasteiger partial charge on any atom is 0.410 e. The molecule has 458 valence electrons. The lowest BCUT2D eigenvalue weighted by Crippen LogP contribution is -2.54. The zero-order valence-electron chi connectivity index (χ0n) is 48.6. The Morgan fingerprint density at radius 3 is 2.27 bits per heavy atom. The Labute approximate surface area is 493 Å². The number of carbonyl (C=O) groups excluding carboxylic acids is 8. The van der Waals surface area contributed by atoms with Crippen molar-refractivity contribution in [3.63, 3.8) is 0 Å². The second-order valence-corrected chi connectivity index (χ2v) is 22.3. The monoisotopic (exact) mass is 1180 g/mol. The van der Waals surface area contributed by atoms with Gasteiger partial charge in [0.05, 0.1) is 30.9 Å². The van der Waals surface area contributed by atoms with Crippen molar-refractivity contribution in [2.24, 2.45) is 23.5 Å². The molecule has 3 aliphatic heterocycles. The minimum Gasteiger partial charge on any atom is -0.445 e. The first kappa shape index (κ1) is 64.3. The Morgan fingerprint density at radius 1 is 0.871 bits per heavy atom. The second-order valence-electron chi connectivity index (χ2n) is 22.3. The number of ether oxygens (including phenoxy) is 2. The van der Waals surface area contributed by atoms with E-state index in [4.69, 9.17) is 20.2 Å². The van der Waals surface area contributed by atoms with Crippen molar-refractivity contribution in [3.8, 4) is 11.3 Å². The third-order valence-corrected chi connectivity index (χ3v) is 15.3. The van der Waals surface area contributed by atoms with Crippen LogP contribution in [0.1, 0.15) is 101 Å². The van der Waals surface area contributed by atoms with Gasteiger partial charge in [-0.3, -0.25) is 28.9 Å². The van der Waals surface area contributed by atoms with Crippen LogP contribution in [0, 0.1) is 30.5 Å². The van der Waals surface area contributed by atoms with Crippen molar-refractivity contribution in [2.75, 3.05) is 57.9 Å². The summed E-state index contributed by atoms with van der Waals surface area (Å²) in [4.78, 5) is 113. The number of benzene rings is 3. The molecular formula is C61H79F2N11O11. The number of hydrogen-bond donors (Lipinski definition) is 7. The van der Waals surface area contributed by atoms with Crippen LogP contribution in [0.2, 0.25) is 0 Å². The number of anilines is 1. The number of aliphatic hydroxyl groups is 1. The van der Waals surface area contributed by atoms with Gasteiger partial charge in [-0.1, -0.05) is 74.4 Å². The summed E-state index contributed by atoms with van der Waals surface area (Å²) >= 11 is 0. The standard InChI is InChI=1S/C61H79F2N11O11/c1-38(2)54(70-51(76)15-9-6-10-27-73-52(77)22-23-53(73)78)58(80)69-49(14-11-26-65-59(64)81)57(79)67-45-19-17-42(18-20-45)37-85-61(83)72-32-44(48(63)34-72)33-74(60(82)66-40(4)36-75)55(43-24-28-84-29-25-43)56-68-50(46-30-39(3)16-21-47(46)62)35-71(56)31-41-12-7-5-8-13-41/h5,7-8,12-13,16-23,30,35,38,40,43-44,48-49,54-55,75H,6,9-11,14-15,24-29,31-34,36-37H2,1-4H3,(H,66,82)(H,67,79)(H,69,80)(H,70,76)(H3,64,65,81). The molecule has 6 unspecified atom stereocenters. The number of imide groups is 1. The SMILES string of the molecule is Cc1ccc(F)c(-c2cn(Cc3ccccc3)c(C(C3CCOCC3)N(CC3CN(C(=O)OCc4ccc(NC(=O)C(CCCNC(N)=O)NC(=O)C(NC(=O)CCCCCN5C(=O)C=CC5=O)C(C)C)cc4)CC3F)C(=O)NC(C)CO)n2)c1. The van der Waals surface area contributed by atoms with E-state index in [1.807, 2.05) is 41.8 Å². The molecule has 22 nitrogen and oxygen atoms in total. The summed E-state index contributed by atoms with van der Waals surface area (Å²) in [6.07, 6.45) is 4.83. The average Bonchev–Trinajstić information content (AvgIpc) is 4.30. The molecule has 0 spiro atoms. The highest BCUT2D eigenvalue weighted by Crippen LogP contribution is 2.39. The van der Waals surface area contributed by atoms with E-state index in [2.05, 4.69) is 26.6 Å². The average molecular weight is 1180 g/mol. The Morgan fingerprint density at radius 2 is 1.59 bits per heavy atom. The quantitative estimate of drug-likeness (QED) is 0.0254. The number of halogens is 2. The third kappa shape index (κ3) is 18.4. The van der Waals surface area contributed by atoms with Crippen molar-refractivity contribution in [2.45, 2.75) is 123 Å². The lowest BCUT2D eigenvalue weighted by atomic mass is 9.89. The Bertz CT molecular complexity index is 2980. The van der Waals surface area contributed by atoms with Gasteiger partial charge in [0.15, 0.2) is 0 Å². The highest BCUT2D eigenvalue weighted by molar-refractivity contribution is 6.12. The number of nitrogens with one attached hydrogen (secondary N) is 5. The molecule has 0 saturated carbocycles. The summed E-state index contributed by atoms with van der Waals surface area (Å²) < 4.78 is 45.5. The number of rotatable bonds is 28. The zero-order valence-corrected chi connectivity index (χ0v) is 48.6.